The Morgan fingerprint density at radius 2 is 0.942 bits per heavy atom. The van der Waals surface area contributed by atoms with Gasteiger partial charge in [-0.05, 0) is 96.8 Å². The first kappa shape index (κ1) is 29.8. The Labute approximate surface area is 309 Å². The largest absolute Gasteiger partial charge is 0.313 e. The Morgan fingerprint density at radius 1 is 0.404 bits per heavy atom. The molecule has 3 heterocycles. The fourth-order valence-electron chi connectivity index (χ4n) is 8.26. The third-order valence-electron chi connectivity index (χ3n) is 10.7. The molecule has 0 amide bonds. The van der Waals surface area contributed by atoms with Gasteiger partial charge in [-0.25, -0.2) is 0 Å². The zero-order valence-electron chi connectivity index (χ0n) is 28.3. The minimum Gasteiger partial charge on any atom is -0.313 e. The van der Waals surface area contributed by atoms with Crippen LogP contribution in [0.25, 0.3) is 73.4 Å². The minimum absolute atomic E-state index is 0.992. The molecule has 10 aromatic rings. The number of hydrogen-bond acceptors (Lipinski definition) is 3. The van der Waals surface area contributed by atoms with Crippen LogP contribution < -0.4 is 4.90 Å². The van der Waals surface area contributed by atoms with Crippen molar-refractivity contribution in [3.63, 3.8) is 0 Å². The minimum atomic E-state index is 0.992. The van der Waals surface area contributed by atoms with Crippen molar-refractivity contribution in [1.82, 2.24) is 4.57 Å². The third-order valence-corrected chi connectivity index (χ3v) is 13.0. The molecule has 52 heavy (non-hydrogen) atoms. The van der Waals surface area contributed by atoms with Crippen molar-refractivity contribution in [2.75, 3.05) is 4.90 Å². The van der Waals surface area contributed by atoms with Crippen molar-refractivity contribution < 1.29 is 0 Å². The lowest BCUT2D eigenvalue weighted by Gasteiger charge is -2.26. The van der Waals surface area contributed by atoms with Crippen molar-refractivity contribution in [1.29, 1.82) is 0 Å². The molecule has 1 aliphatic rings. The molecule has 0 atom stereocenters. The van der Waals surface area contributed by atoms with Crippen LogP contribution in [-0.4, -0.2) is 4.57 Å². The van der Waals surface area contributed by atoms with E-state index in [1.807, 2.05) is 22.7 Å². The zero-order valence-corrected chi connectivity index (χ0v) is 29.9. The van der Waals surface area contributed by atoms with Crippen LogP contribution in [0.1, 0.15) is 18.4 Å². The lowest BCUT2D eigenvalue weighted by atomic mass is 9.95. The summed E-state index contributed by atoms with van der Waals surface area (Å²) < 4.78 is 7.74. The molecule has 0 radical (unpaired) electrons. The maximum absolute atomic E-state index is 2.46. The lowest BCUT2D eigenvalue weighted by Crippen LogP contribution is -2.10. The molecule has 0 unspecified atom stereocenters. The molecule has 1 aliphatic carbocycles. The van der Waals surface area contributed by atoms with E-state index in [0.717, 1.165) is 18.5 Å². The van der Waals surface area contributed by atoms with E-state index in [-0.39, 0.29) is 0 Å². The molecule has 4 heteroatoms. The predicted molar refractivity (Wildman–Crippen MR) is 228 cm³/mol. The molecule has 2 nitrogen and oxygen atoms in total. The molecule has 0 bridgehead atoms. The molecular formula is C48H32N2S2. The monoisotopic (exact) mass is 700 g/mol. The molecular weight excluding hydrogens is 669 g/mol. The molecule has 0 N–H and O–H groups in total. The van der Waals surface area contributed by atoms with E-state index in [1.54, 1.807) is 0 Å². The van der Waals surface area contributed by atoms with Gasteiger partial charge < -0.3 is 9.47 Å². The number of thiophene rings is 2. The smallest absolute Gasteiger partial charge is 0.0537 e. The van der Waals surface area contributed by atoms with E-state index in [2.05, 4.69) is 179 Å². The van der Waals surface area contributed by atoms with Gasteiger partial charge in [-0.3, -0.25) is 0 Å². The fraction of sp³-hybridized carbons (Fsp3) is 0.0417. The summed E-state index contributed by atoms with van der Waals surface area (Å²) in [7, 11) is 0. The highest BCUT2D eigenvalue weighted by molar-refractivity contribution is 7.26. The van der Waals surface area contributed by atoms with Crippen LogP contribution in [0.15, 0.2) is 170 Å². The first-order valence-electron chi connectivity index (χ1n) is 17.9. The van der Waals surface area contributed by atoms with Crippen LogP contribution in [0.4, 0.5) is 17.1 Å². The summed E-state index contributed by atoms with van der Waals surface area (Å²) in [5, 5.41) is 7.89. The number of benzene rings is 7. The summed E-state index contributed by atoms with van der Waals surface area (Å²) in [6, 6.07) is 58.2. The SMILES string of the molecule is C1=C(c2ccc(N(c3ccc4c(c3)sc3ccccc34)c3ccc4sc5ccccc5c4c3)cc2)CCC(n2c3ccccc3c3ccccc32)=C1. The van der Waals surface area contributed by atoms with Gasteiger partial charge in [-0.1, -0.05) is 97.1 Å². The molecule has 0 saturated carbocycles. The highest BCUT2D eigenvalue weighted by atomic mass is 32.1. The number of nitrogens with zero attached hydrogens (tertiary/aromatic N) is 2. The molecule has 0 saturated heterocycles. The van der Waals surface area contributed by atoms with E-state index in [9.17, 15) is 0 Å². The average Bonchev–Trinajstić information content (AvgIpc) is 3.88. The second kappa shape index (κ2) is 11.8. The summed E-state index contributed by atoms with van der Waals surface area (Å²) >= 11 is 3.74. The van der Waals surface area contributed by atoms with Crippen LogP contribution in [0.2, 0.25) is 0 Å². The van der Waals surface area contributed by atoms with Crippen molar-refractivity contribution in [3.05, 3.63) is 175 Å². The van der Waals surface area contributed by atoms with Crippen LogP contribution in [0, 0.1) is 0 Å². The van der Waals surface area contributed by atoms with Crippen LogP contribution in [0.3, 0.4) is 0 Å². The second-order valence-corrected chi connectivity index (χ2v) is 15.8. The highest BCUT2D eigenvalue weighted by Gasteiger charge is 2.19. The third kappa shape index (κ3) is 4.68. The summed E-state index contributed by atoms with van der Waals surface area (Å²) in [4.78, 5) is 2.43. The first-order valence-corrected chi connectivity index (χ1v) is 19.5. The Hall–Kier alpha value is -5.94. The van der Waals surface area contributed by atoms with Gasteiger partial charge >= 0.3 is 0 Å². The molecule has 0 aliphatic heterocycles. The number of aromatic nitrogens is 1. The number of allylic oxidation sites excluding steroid dienone is 4. The van der Waals surface area contributed by atoms with Gasteiger partial charge in [-0.15, -0.1) is 22.7 Å². The van der Waals surface area contributed by atoms with Crippen LogP contribution in [0.5, 0.6) is 0 Å². The van der Waals surface area contributed by atoms with Crippen molar-refractivity contribution >= 4 is 113 Å². The molecule has 0 fully saturated rings. The summed E-state index contributed by atoms with van der Waals surface area (Å²) in [6.07, 6.45) is 6.66. The molecule has 11 rings (SSSR count). The highest BCUT2D eigenvalue weighted by Crippen LogP contribution is 2.44. The topological polar surface area (TPSA) is 8.17 Å². The Balaban J connectivity index is 0.999. The summed E-state index contributed by atoms with van der Waals surface area (Å²) in [6.45, 7) is 0. The van der Waals surface area contributed by atoms with Gasteiger partial charge in [-0.2, -0.15) is 0 Å². The maximum Gasteiger partial charge on any atom is 0.0537 e. The van der Waals surface area contributed by atoms with Crippen LogP contribution >= 0.6 is 22.7 Å². The molecule has 3 aromatic heterocycles. The van der Waals surface area contributed by atoms with E-state index < -0.39 is 0 Å². The van der Waals surface area contributed by atoms with Gasteiger partial charge in [0.05, 0.1) is 11.0 Å². The summed E-state index contributed by atoms with van der Waals surface area (Å²) in [5.41, 5.74) is 10.0. The fourth-order valence-corrected chi connectivity index (χ4v) is 10.5. The number of para-hydroxylation sites is 2. The van der Waals surface area contributed by atoms with Gasteiger partial charge in [0.2, 0.25) is 0 Å². The maximum atomic E-state index is 2.46. The Kier molecular flexibility index (Phi) is 6.76. The summed E-state index contributed by atoms with van der Waals surface area (Å²) in [5.74, 6) is 0. The van der Waals surface area contributed by atoms with Crippen molar-refractivity contribution in [2.45, 2.75) is 12.8 Å². The Morgan fingerprint density at radius 3 is 1.63 bits per heavy atom. The second-order valence-electron chi connectivity index (χ2n) is 13.7. The van der Waals surface area contributed by atoms with E-state index >= 15 is 0 Å². The zero-order chi connectivity index (χ0) is 34.2. The van der Waals surface area contributed by atoms with Crippen molar-refractivity contribution in [3.8, 4) is 0 Å². The van der Waals surface area contributed by atoms with E-state index in [1.165, 1.54) is 90.4 Å². The first-order chi connectivity index (χ1) is 25.8. The van der Waals surface area contributed by atoms with E-state index in [0.29, 0.717) is 0 Å². The normalized spacial score (nSPS) is 13.5. The number of rotatable bonds is 5. The number of anilines is 3. The van der Waals surface area contributed by atoms with Gasteiger partial charge in [0.1, 0.15) is 0 Å². The molecule has 0 spiro atoms. The quantitative estimate of drug-likeness (QED) is 0.174. The standard InChI is InChI=1S/C48H32N2S2/c1-5-13-43-37(9-1)38-10-2-6-14-44(38)50(43)34-23-19-32(20-24-34)31-17-21-33(22-18-31)49(35-26-28-47-42(29-35)40-12-4-8-16-46(40)51-47)36-25-27-41-39-11-3-7-15-45(39)52-48(41)30-36/h1-19,21-23,25-30H,20,24H2. The lowest BCUT2D eigenvalue weighted by molar-refractivity contribution is 0.992. The van der Waals surface area contributed by atoms with Gasteiger partial charge in [0, 0.05) is 73.9 Å². The van der Waals surface area contributed by atoms with Gasteiger partial charge in [0.25, 0.3) is 0 Å². The van der Waals surface area contributed by atoms with E-state index in [4.69, 9.17) is 0 Å². The number of hydrogen-bond donors (Lipinski definition) is 0. The van der Waals surface area contributed by atoms with Crippen LogP contribution in [-0.2, 0) is 0 Å². The predicted octanol–water partition coefficient (Wildman–Crippen LogP) is 14.7. The van der Waals surface area contributed by atoms with Gasteiger partial charge in [0.15, 0.2) is 0 Å². The number of fused-ring (bicyclic) bond motifs is 9. The molecule has 7 aromatic carbocycles. The van der Waals surface area contributed by atoms with Crippen molar-refractivity contribution in [2.24, 2.45) is 0 Å². The Bertz CT molecular complexity index is 3030. The molecule has 246 valence electrons. The average molecular weight is 701 g/mol.